The molecule has 0 aliphatic carbocycles. The van der Waals surface area contributed by atoms with Gasteiger partial charge in [0.1, 0.15) is 0 Å². The number of aromatic nitrogens is 1. The molecule has 0 saturated carbocycles. The van der Waals surface area contributed by atoms with Crippen LogP contribution in [-0.2, 0) is 0 Å². The molecule has 1 unspecified atom stereocenters. The number of hydrogen-bond acceptors (Lipinski definition) is 2. The van der Waals surface area contributed by atoms with E-state index in [1.54, 1.807) is 0 Å². The Balaban J connectivity index is 2.63. The summed E-state index contributed by atoms with van der Waals surface area (Å²) in [6.07, 6.45) is 1.84. The van der Waals surface area contributed by atoms with E-state index in [0.29, 0.717) is 0 Å². The van der Waals surface area contributed by atoms with Crippen LogP contribution in [0.3, 0.4) is 0 Å². The van der Waals surface area contributed by atoms with E-state index in [1.807, 2.05) is 24.4 Å². The van der Waals surface area contributed by atoms with Crippen LogP contribution in [-0.4, -0.2) is 16.7 Å². The van der Waals surface area contributed by atoms with Gasteiger partial charge in [-0.25, -0.2) is 0 Å². The fraction of sp³-hybridized carbons (Fsp3) is 0.200. The summed E-state index contributed by atoms with van der Waals surface area (Å²) in [5.41, 5.74) is 7.74. The van der Waals surface area contributed by atoms with Gasteiger partial charge < -0.3 is 15.8 Å². The van der Waals surface area contributed by atoms with Crippen molar-refractivity contribution in [3.8, 4) is 0 Å². The summed E-state index contributed by atoms with van der Waals surface area (Å²) >= 11 is 3.45. The number of rotatable bonds is 2. The van der Waals surface area contributed by atoms with Gasteiger partial charge in [0.05, 0.1) is 18.2 Å². The highest BCUT2D eigenvalue weighted by molar-refractivity contribution is 9.10. The number of halogens is 1. The van der Waals surface area contributed by atoms with Crippen LogP contribution in [0.5, 0.6) is 0 Å². The lowest BCUT2D eigenvalue weighted by Gasteiger charge is -2.05. The Morgan fingerprint density at radius 1 is 1.50 bits per heavy atom. The Morgan fingerprint density at radius 3 is 3.00 bits per heavy atom. The lowest BCUT2D eigenvalue weighted by atomic mass is 10.1. The summed E-state index contributed by atoms with van der Waals surface area (Å²) in [6, 6.07) is 5.58. The molecule has 4 N–H and O–H groups in total. The molecule has 0 fully saturated rings. The van der Waals surface area contributed by atoms with E-state index in [-0.39, 0.29) is 12.6 Å². The molecule has 0 saturated heterocycles. The molecule has 0 bridgehead atoms. The highest BCUT2D eigenvalue weighted by atomic mass is 79.9. The van der Waals surface area contributed by atoms with Crippen LogP contribution in [0.2, 0.25) is 0 Å². The first-order valence-electron chi connectivity index (χ1n) is 4.36. The number of H-pyrrole nitrogens is 1. The molecular weight excluding hydrogens is 244 g/mol. The molecule has 0 amide bonds. The summed E-state index contributed by atoms with van der Waals surface area (Å²) in [7, 11) is 0. The molecule has 2 aromatic rings. The molecule has 1 atom stereocenters. The van der Waals surface area contributed by atoms with Crippen LogP contribution < -0.4 is 5.73 Å². The number of aliphatic hydroxyl groups excluding tert-OH is 1. The first kappa shape index (κ1) is 9.71. The number of nitrogens with two attached hydrogens (primary N) is 1. The minimum Gasteiger partial charge on any atom is -0.394 e. The van der Waals surface area contributed by atoms with E-state index in [4.69, 9.17) is 10.8 Å². The number of aliphatic hydroxyl groups is 1. The van der Waals surface area contributed by atoms with Crippen LogP contribution in [0.15, 0.2) is 28.9 Å². The number of aromatic amines is 1. The predicted molar refractivity (Wildman–Crippen MR) is 60.0 cm³/mol. The number of para-hydroxylation sites is 1. The molecule has 1 heterocycles. The normalized spacial score (nSPS) is 13.4. The largest absolute Gasteiger partial charge is 0.394 e. The van der Waals surface area contributed by atoms with Gasteiger partial charge >= 0.3 is 0 Å². The van der Waals surface area contributed by atoms with Crippen molar-refractivity contribution in [3.05, 3.63) is 34.4 Å². The zero-order valence-corrected chi connectivity index (χ0v) is 9.08. The molecule has 4 heteroatoms. The van der Waals surface area contributed by atoms with Gasteiger partial charge in [0.2, 0.25) is 0 Å². The van der Waals surface area contributed by atoms with E-state index in [0.717, 1.165) is 20.9 Å². The van der Waals surface area contributed by atoms with Crippen molar-refractivity contribution in [2.75, 3.05) is 6.61 Å². The molecule has 0 spiro atoms. The van der Waals surface area contributed by atoms with Gasteiger partial charge in [0.15, 0.2) is 0 Å². The smallest absolute Gasteiger partial charge is 0.0625 e. The van der Waals surface area contributed by atoms with E-state index in [9.17, 15) is 0 Å². The minimum atomic E-state index is -0.321. The Morgan fingerprint density at radius 2 is 2.29 bits per heavy atom. The van der Waals surface area contributed by atoms with E-state index >= 15 is 0 Å². The second-order valence-electron chi connectivity index (χ2n) is 3.20. The van der Waals surface area contributed by atoms with Crippen LogP contribution in [0.4, 0.5) is 0 Å². The monoisotopic (exact) mass is 254 g/mol. The fourth-order valence-corrected chi connectivity index (χ4v) is 2.02. The maximum absolute atomic E-state index is 8.98. The Labute approximate surface area is 90.1 Å². The first-order valence-corrected chi connectivity index (χ1v) is 5.15. The molecule has 3 nitrogen and oxygen atoms in total. The van der Waals surface area contributed by atoms with Gasteiger partial charge in [-0.1, -0.05) is 12.1 Å². The van der Waals surface area contributed by atoms with E-state index in [1.165, 1.54) is 0 Å². The summed E-state index contributed by atoms with van der Waals surface area (Å²) in [6.45, 7) is -0.0422. The number of benzene rings is 1. The maximum Gasteiger partial charge on any atom is 0.0625 e. The van der Waals surface area contributed by atoms with Crippen molar-refractivity contribution in [1.82, 2.24) is 4.98 Å². The lowest BCUT2D eigenvalue weighted by Crippen LogP contribution is -2.13. The first-order chi connectivity index (χ1) is 6.74. The number of fused-ring (bicyclic) bond motifs is 1. The molecule has 2 rings (SSSR count). The average Bonchev–Trinajstić information content (AvgIpc) is 2.62. The maximum atomic E-state index is 8.98. The zero-order chi connectivity index (χ0) is 10.1. The SMILES string of the molecule is NC(CO)c1c[nH]c2c(Br)cccc12. The minimum absolute atomic E-state index is 0.0422. The van der Waals surface area contributed by atoms with Crippen LogP contribution in [0, 0.1) is 0 Å². The van der Waals surface area contributed by atoms with Gasteiger partial charge in [0.25, 0.3) is 0 Å². The Bertz CT molecular complexity index is 452. The Kier molecular flexibility index (Phi) is 2.58. The second-order valence-corrected chi connectivity index (χ2v) is 4.05. The lowest BCUT2D eigenvalue weighted by molar-refractivity contribution is 0.268. The average molecular weight is 255 g/mol. The third kappa shape index (κ3) is 1.45. The Hall–Kier alpha value is -0.840. The zero-order valence-electron chi connectivity index (χ0n) is 7.50. The summed E-state index contributed by atoms with van der Waals surface area (Å²) < 4.78 is 1.01. The summed E-state index contributed by atoms with van der Waals surface area (Å²) in [4.78, 5) is 3.13. The highest BCUT2D eigenvalue weighted by Crippen LogP contribution is 2.27. The summed E-state index contributed by atoms with van der Waals surface area (Å²) in [5.74, 6) is 0. The third-order valence-corrected chi connectivity index (χ3v) is 2.95. The van der Waals surface area contributed by atoms with Crippen molar-refractivity contribution in [1.29, 1.82) is 0 Å². The molecule has 1 aromatic carbocycles. The summed E-state index contributed by atoms with van der Waals surface area (Å²) in [5, 5.41) is 10.0. The van der Waals surface area contributed by atoms with E-state index < -0.39 is 0 Å². The number of hydrogen-bond donors (Lipinski definition) is 3. The van der Waals surface area contributed by atoms with Crippen LogP contribution in [0.1, 0.15) is 11.6 Å². The van der Waals surface area contributed by atoms with Gasteiger partial charge in [-0.15, -0.1) is 0 Å². The highest BCUT2D eigenvalue weighted by Gasteiger charge is 2.11. The molecule has 0 aliphatic rings. The van der Waals surface area contributed by atoms with Crippen molar-refractivity contribution in [2.45, 2.75) is 6.04 Å². The number of nitrogens with one attached hydrogen (secondary N) is 1. The van der Waals surface area contributed by atoms with Gasteiger partial charge in [0, 0.05) is 16.1 Å². The van der Waals surface area contributed by atoms with Crippen molar-refractivity contribution >= 4 is 26.8 Å². The molecule has 0 aliphatic heterocycles. The second kappa shape index (κ2) is 3.73. The topological polar surface area (TPSA) is 62.0 Å². The quantitative estimate of drug-likeness (QED) is 0.767. The molecule has 74 valence electrons. The van der Waals surface area contributed by atoms with Crippen LogP contribution in [0.25, 0.3) is 10.9 Å². The molecule has 0 radical (unpaired) electrons. The molecule has 1 aromatic heterocycles. The van der Waals surface area contributed by atoms with Gasteiger partial charge in [-0.2, -0.15) is 0 Å². The molecular formula is C10H11BrN2O. The third-order valence-electron chi connectivity index (χ3n) is 2.29. The van der Waals surface area contributed by atoms with Crippen molar-refractivity contribution in [2.24, 2.45) is 5.73 Å². The van der Waals surface area contributed by atoms with Crippen LogP contribution >= 0.6 is 15.9 Å². The van der Waals surface area contributed by atoms with E-state index in [2.05, 4.69) is 20.9 Å². The predicted octanol–water partition coefficient (Wildman–Crippen LogP) is 1.92. The van der Waals surface area contributed by atoms with Gasteiger partial charge in [-0.3, -0.25) is 0 Å². The fourth-order valence-electron chi connectivity index (χ4n) is 1.54. The van der Waals surface area contributed by atoms with Crippen molar-refractivity contribution < 1.29 is 5.11 Å². The molecule has 14 heavy (non-hydrogen) atoms. The van der Waals surface area contributed by atoms with Crippen molar-refractivity contribution in [3.63, 3.8) is 0 Å². The standard InChI is InChI=1S/C10H11BrN2O/c11-8-3-1-2-6-7(9(12)5-14)4-13-10(6)8/h1-4,9,13-14H,5,12H2. The van der Waals surface area contributed by atoms with Gasteiger partial charge in [-0.05, 0) is 27.6 Å².